The number of hydrogen-bond acceptors (Lipinski definition) is 3. The molecule has 7 aromatic carbocycles. The molecule has 2 heterocycles. The van der Waals surface area contributed by atoms with Crippen molar-refractivity contribution in [2.75, 3.05) is 0 Å². The van der Waals surface area contributed by atoms with Crippen molar-refractivity contribution in [3.8, 4) is 56.2 Å². The standard InChI is InChI=1S/C50H34N2S/c1-49(2)38-21-9-6-17-33(38)36-28-27-32(29-43(36)49)45-30-44(31-15-4-3-5-16-31)51-48(52-45)37-20-14-25-42-47(37)53-46-26-13-12-24-41(46)50(42)39-22-10-7-18-34(39)35-19-8-11-23-40(35)50/h3-30H,1-2H3. The zero-order valence-electron chi connectivity index (χ0n) is 29.5. The summed E-state index contributed by atoms with van der Waals surface area (Å²) < 4.78 is 0. The van der Waals surface area contributed by atoms with Crippen molar-refractivity contribution in [3.63, 3.8) is 0 Å². The molecule has 1 spiro atoms. The predicted octanol–water partition coefficient (Wildman–Crippen LogP) is 12.6. The lowest BCUT2D eigenvalue weighted by atomic mass is 9.67. The Balaban J connectivity index is 1.16. The van der Waals surface area contributed by atoms with Gasteiger partial charge in [-0.15, -0.1) is 0 Å². The first kappa shape index (κ1) is 30.6. The second kappa shape index (κ2) is 11.2. The van der Waals surface area contributed by atoms with Gasteiger partial charge in [0.2, 0.25) is 0 Å². The SMILES string of the molecule is CC1(C)c2ccccc2-c2ccc(-c3cc(-c4ccccc4)nc(-c4cccc5c4Sc4ccccc4C54c5ccccc5-c5ccccc54)n3)cc21. The van der Waals surface area contributed by atoms with Crippen LogP contribution in [0.4, 0.5) is 0 Å². The summed E-state index contributed by atoms with van der Waals surface area (Å²) in [6.45, 7) is 4.67. The summed E-state index contributed by atoms with van der Waals surface area (Å²) in [5.74, 6) is 0.739. The van der Waals surface area contributed by atoms with Crippen LogP contribution in [0.15, 0.2) is 180 Å². The number of benzene rings is 7. The molecule has 0 saturated carbocycles. The van der Waals surface area contributed by atoms with Crippen LogP contribution in [0.2, 0.25) is 0 Å². The van der Waals surface area contributed by atoms with E-state index in [-0.39, 0.29) is 5.41 Å². The number of aromatic nitrogens is 2. The third-order valence-corrected chi connectivity index (χ3v) is 13.0. The molecule has 250 valence electrons. The van der Waals surface area contributed by atoms with Crippen molar-refractivity contribution >= 4 is 11.8 Å². The summed E-state index contributed by atoms with van der Waals surface area (Å²) in [5, 5.41) is 0. The summed E-state index contributed by atoms with van der Waals surface area (Å²) in [4.78, 5) is 13.3. The summed E-state index contributed by atoms with van der Waals surface area (Å²) >= 11 is 1.85. The Morgan fingerprint density at radius 3 is 1.64 bits per heavy atom. The van der Waals surface area contributed by atoms with Crippen LogP contribution in [-0.2, 0) is 10.8 Å². The van der Waals surface area contributed by atoms with Crippen molar-refractivity contribution in [1.82, 2.24) is 9.97 Å². The fraction of sp³-hybridized carbons (Fsp3) is 0.0800. The lowest BCUT2D eigenvalue weighted by molar-refractivity contribution is 0.660. The van der Waals surface area contributed by atoms with Crippen molar-refractivity contribution in [2.45, 2.75) is 34.5 Å². The topological polar surface area (TPSA) is 25.8 Å². The molecule has 8 aromatic rings. The van der Waals surface area contributed by atoms with Gasteiger partial charge in [-0.2, -0.15) is 0 Å². The molecule has 53 heavy (non-hydrogen) atoms. The second-order valence-electron chi connectivity index (χ2n) is 14.9. The first-order chi connectivity index (χ1) is 26.0. The summed E-state index contributed by atoms with van der Waals surface area (Å²) in [5.41, 5.74) is 17.7. The van der Waals surface area contributed by atoms with E-state index in [9.17, 15) is 0 Å². The molecule has 0 saturated heterocycles. The van der Waals surface area contributed by atoms with Gasteiger partial charge in [-0.3, -0.25) is 0 Å². The van der Waals surface area contributed by atoms with Crippen molar-refractivity contribution in [3.05, 3.63) is 203 Å². The lowest BCUT2D eigenvalue weighted by Gasteiger charge is -2.40. The van der Waals surface area contributed by atoms with E-state index in [0.29, 0.717) is 0 Å². The molecular formula is C50H34N2S. The van der Waals surface area contributed by atoms with E-state index in [1.165, 1.54) is 65.4 Å². The molecule has 0 N–H and O–H groups in total. The predicted molar refractivity (Wildman–Crippen MR) is 217 cm³/mol. The van der Waals surface area contributed by atoms with Gasteiger partial charge in [0.05, 0.1) is 16.8 Å². The van der Waals surface area contributed by atoms with Gasteiger partial charge < -0.3 is 0 Å². The van der Waals surface area contributed by atoms with E-state index in [1.54, 1.807) is 0 Å². The number of rotatable bonds is 3. The van der Waals surface area contributed by atoms with Crippen molar-refractivity contribution < 1.29 is 0 Å². The number of hydrogen-bond donors (Lipinski definition) is 0. The summed E-state index contributed by atoms with van der Waals surface area (Å²) in [7, 11) is 0. The van der Waals surface area contributed by atoms with E-state index in [2.05, 4.69) is 184 Å². The van der Waals surface area contributed by atoms with Crippen LogP contribution in [-0.4, -0.2) is 9.97 Å². The Morgan fingerprint density at radius 2 is 0.925 bits per heavy atom. The largest absolute Gasteiger partial charge is 0.228 e. The normalized spacial score (nSPS) is 14.8. The van der Waals surface area contributed by atoms with Gasteiger partial charge in [0.25, 0.3) is 0 Å². The fourth-order valence-electron chi connectivity index (χ4n) is 9.39. The van der Waals surface area contributed by atoms with Crippen LogP contribution in [0.5, 0.6) is 0 Å². The van der Waals surface area contributed by atoms with Crippen molar-refractivity contribution in [1.29, 1.82) is 0 Å². The van der Waals surface area contributed by atoms with Gasteiger partial charge in [0.15, 0.2) is 5.82 Å². The highest BCUT2D eigenvalue weighted by atomic mass is 32.2. The summed E-state index contributed by atoms with van der Waals surface area (Å²) in [6.07, 6.45) is 0. The average Bonchev–Trinajstić information content (AvgIpc) is 3.63. The minimum absolute atomic E-state index is 0.106. The Morgan fingerprint density at radius 1 is 0.396 bits per heavy atom. The number of nitrogens with zero attached hydrogens (tertiary/aromatic N) is 2. The molecular weight excluding hydrogens is 661 g/mol. The molecule has 3 aliphatic rings. The molecule has 1 aliphatic heterocycles. The molecule has 0 unspecified atom stereocenters. The Kier molecular flexibility index (Phi) is 6.48. The maximum Gasteiger partial charge on any atom is 0.161 e. The molecule has 0 fully saturated rings. The molecule has 0 radical (unpaired) electrons. The van der Waals surface area contributed by atoms with E-state index in [1.807, 2.05) is 11.8 Å². The maximum absolute atomic E-state index is 5.47. The highest BCUT2D eigenvalue weighted by molar-refractivity contribution is 7.99. The zero-order valence-corrected chi connectivity index (χ0v) is 30.3. The minimum atomic E-state index is -0.458. The van der Waals surface area contributed by atoms with Crippen LogP contribution in [0.3, 0.4) is 0 Å². The van der Waals surface area contributed by atoms with Crippen LogP contribution in [0.25, 0.3) is 56.2 Å². The van der Waals surface area contributed by atoms with Gasteiger partial charge in [0.1, 0.15) is 0 Å². The van der Waals surface area contributed by atoms with E-state index in [4.69, 9.17) is 9.97 Å². The molecule has 0 bridgehead atoms. The zero-order chi connectivity index (χ0) is 35.3. The molecule has 1 aromatic heterocycles. The number of fused-ring (bicyclic) bond motifs is 12. The van der Waals surface area contributed by atoms with E-state index in [0.717, 1.165) is 33.9 Å². The molecule has 0 amide bonds. The van der Waals surface area contributed by atoms with Crippen molar-refractivity contribution in [2.24, 2.45) is 0 Å². The quantitative estimate of drug-likeness (QED) is 0.184. The maximum atomic E-state index is 5.47. The van der Waals surface area contributed by atoms with E-state index < -0.39 is 5.41 Å². The lowest BCUT2D eigenvalue weighted by Crippen LogP contribution is -2.32. The average molecular weight is 695 g/mol. The molecule has 0 atom stereocenters. The Bertz CT molecular complexity index is 2750. The third kappa shape index (κ3) is 4.23. The van der Waals surface area contributed by atoms with Gasteiger partial charge in [-0.05, 0) is 73.8 Å². The molecule has 2 nitrogen and oxygen atoms in total. The molecule has 2 aliphatic carbocycles. The van der Waals surface area contributed by atoms with Gasteiger partial charge >= 0.3 is 0 Å². The highest BCUT2D eigenvalue weighted by Gasteiger charge is 2.50. The minimum Gasteiger partial charge on any atom is -0.228 e. The summed E-state index contributed by atoms with van der Waals surface area (Å²) in [6, 6.07) is 62.1. The second-order valence-corrected chi connectivity index (χ2v) is 15.9. The van der Waals surface area contributed by atoms with E-state index >= 15 is 0 Å². The Hall–Kier alpha value is -6.03. The van der Waals surface area contributed by atoms with Gasteiger partial charge in [-0.25, -0.2) is 9.97 Å². The Labute approximate surface area is 314 Å². The first-order valence-corrected chi connectivity index (χ1v) is 19.1. The van der Waals surface area contributed by atoms with Crippen LogP contribution in [0.1, 0.15) is 47.2 Å². The first-order valence-electron chi connectivity index (χ1n) is 18.3. The highest BCUT2D eigenvalue weighted by Crippen LogP contribution is 2.63. The van der Waals surface area contributed by atoms with Crippen LogP contribution >= 0.6 is 11.8 Å². The van der Waals surface area contributed by atoms with Gasteiger partial charge in [-0.1, -0.05) is 177 Å². The third-order valence-electron chi connectivity index (χ3n) is 11.8. The fourth-order valence-corrected chi connectivity index (χ4v) is 10.7. The van der Waals surface area contributed by atoms with Crippen LogP contribution < -0.4 is 0 Å². The van der Waals surface area contributed by atoms with Crippen LogP contribution in [0, 0.1) is 0 Å². The van der Waals surface area contributed by atoms with Gasteiger partial charge in [0, 0.05) is 31.9 Å². The monoisotopic (exact) mass is 694 g/mol. The smallest absolute Gasteiger partial charge is 0.161 e. The molecule has 3 heteroatoms. The molecule has 11 rings (SSSR count).